The molecule has 0 aliphatic carbocycles. The molecule has 0 bridgehead atoms. The van der Waals surface area contributed by atoms with Gasteiger partial charge < -0.3 is 10.2 Å². The molecule has 0 amide bonds. The topological polar surface area (TPSA) is 40.5 Å². The minimum atomic E-state index is -0.663. The first-order valence-corrected chi connectivity index (χ1v) is 4.17. The quantitative estimate of drug-likeness (QED) is 0.755. The molecule has 1 rings (SSSR count). The van der Waals surface area contributed by atoms with Gasteiger partial charge in [-0.2, -0.15) is 0 Å². The number of halogens is 1. The van der Waals surface area contributed by atoms with Crippen molar-refractivity contribution in [2.24, 2.45) is 0 Å². The molecular formula is C9H11ClO2. The Kier molecular flexibility index (Phi) is 3.53. The largest absolute Gasteiger partial charge is 0.396 e. The molecule has 3 heteroatoms. The lowest BCUT2D eigenvalue weighted by molar-refractivity contribution is 0.134. The Morgan fingerprint density at radius 3 is 2.58 bits per heavy atom. The molecule has 0 spiro atoms. The Labute approximate surface area is 76.4 Å². The molecule has 0 aromatic heterocycles. The van der Waals surface area contributed by atoms with E-state index in [1.54, 1.807) is 18.2 Å². The fraction of sp³-hybridized carbons (Fsp3) is 0.333. The van der Waals surface area contributed by atoms with Crippen LogP contribution in [-0.2, 0) is 0 Å². The third-order valence-electron chi connectivity index (χ3n) is 1.67. The highest BCUT2D eigenvalue weighted by atomic mass is 35.5. The molecule has 0 saturated heterocycles. The van der Waals surface area contributed by atoms with E-state index in [9.17, 15) is 5.11 Å². The van der Waals surface area contributed by atoms with Crippen LogP contribution in [0.4, 0.5) is 0 Å². The van der Waals surface area contributed by atoms with Gasteiger partial charge in [0.25, 0.3) is 0 Å². The summed E-state index contributed by atoms with van der Waals surface area (Å²) in [5.41, 5.74) is 0.674. The molecule has 12 heavy (non-hydrogen) atoms. The van der Waals surface area contributed by atoms with Crippen LogP contribution in [0.25, 0.3) is 0 Å². The minimum Gasteiger partial charge on any atom is -0.396 e. The number of hydrogen-bond acceptors (Lipinski definition) is 2. The molecule has 0 unspecified atom stereocenters. The maximum absolute atomic E-state index is 9.46. The van der Waals surface area contributed by atoms with Gasteiger partial charge >= 0.3 is 0 Å². The highest BCUT2D eigenvalue weighted by molar-refractivity contribution is 6.31. The van der Waals surface area contributed by atoms with Crippen molar-refractivity contribution in [1.82, 2.24) is 0 Å². The molecule has 1 aromatic rings. The summed E-state index contributed by atoms with van der Waals surface area (Å²) in [4.78, 5) is 0. The van der Waals surface area contributed by atoms with Gasteiger partial charge in [-0.25, -0.2) is 0 Å². The second-order valence-electron chi connectivity index (χ2n) is 2.55. The number of aliphatic hydroxyl groups is 2. The predicted molar refractivity (Wildman–Crippen MR) is 48.1 cm³/mol. The second kappa shape index (κ2) is 4.45. The predicted octanol–water partition coefficient (Wildman–Crippen LogP) is 1.76. The molecule has 0 aliphatic rings. The lowest BCUT2D eigenvalue weighted by Crippen LogP contribution is -2.00. The molecule has 1 atom stereocenters. The minimum absolute atomic E-state index is 0.0353. The molecule has 2 nitrogen and oxygen atoms in total. The van der Waals surface area contributed by atoms with Gasteiger partial charge in [-0.3, -0.25) is 0 Å². The van der Waals surface area contributed by atoms with E-state index in [1.807, 2.05) is 6.07 Å². The zero-order chi connectivity index (χ0) is 8.97. The van der Waals surface area contributed by atoms with Crippen LogP contribution >= 0.6 is 11.6 Å². The van der Waals surface area contributed by atoms with Crippen molar-refractivity contribution < 1.29 is 10.2 Å². The van der Waals surface area contributed by atoms with Crippen molar-refractivity contribution in [1.29, 1.82) is 0 Å². The Morgan fingerprint density at radius 2 is 2.00 bits per heavy atom. The maximum Gasteiger partial charge on any atom is 0.0826 e. The van der Waals surface area contributed by atoms with Gasteiger partial charge in [0.15, 0.2) is 0 Å². The lowest BCUT2D eigenvalue weighted by atomic mass is 10.1. The third kappa shape index (κ3) is 2.21. The number of rotatable bonds is 3. The molecule has 0 aliphatic heterocycles. The molecule has 0 radical (unpaired) electrons. The van der Waals surface area contributed by atoms with E-state index in [2.05, 4.69) is 0 Å². The van der Waals surface area contributed by atoms with Gasteiger partial charge in [-0.05, 0) is 11.6 Å². The smallest absolute Gasteiger partial charge is 0.0826 e. The van der Waals surface area contributed by atoms with Crippen LogP contribution in [0, 0.1) is 0 Å². The summed E-state index contributed by atoms with van der Waals surface area (Å²) >= 11 is 5.81. The number of benzene rings is 1. The molecule has 2 N–H and O–H groups in total. The van der Waals surface area contributed by atoms with Crippen molar-refractivity contribution in [3.05, 3.63) is 34.9 Å². The van der Waals surface area contributed by atoms with E-state index < -0.39 is 6.10 Å². The Hall–Kier alpha value is -0.570. The summed E-state index contributed by atoms with van der Waals surface area (Å²) in [6.07, 6.45) is -0.340. The van der Waals surface area contributed by atoms with Crippen molar-refractivity contribution in [3.63, 3.8) is 0 Å². The zero-order valence-corrected chi connectivity index (χ0v) is 7.33. The van der Waals surface area contributed by atoms with Crippen LogP contribution in [0.1, 0.15) is 18.1 Å². The van der Waals surface area contributed by atoms with Crippen molar-refractivity contribution in [2.75, 3.05) is 6.61 Å². The molecule has 0 fully saturated rings. The van der Waals surface area contributed by atoms with Gasteiger partial charge in [0.2, 0.25) is 0 Å². The summed E-state index contributed by atoms with van der Waals surface area (Å²) in [6.45, 7) is -0.0353. The van der Waals surface area contributed by atoms with E-state index in [0.29, 0.717) is 17.0 Å². The summed E-state index contributed by atoms with van der Waals surface area (Å²) < 4.78 is 0. The molecule has 0 saturated carbocycles. The number of hydrogen-bond donors (Lipinski definition) is 2. The fourth-order valence-corrected chi connectivity index (χ4v) is 1.28. The molecule has 0 heterocycles. The van der Waals surface area contributed by atoms with Crippen LogP contribution in [0.2, 0.25) is 5.02 Å². The molecule has 66 valence electrons. The third-order valence-corrected chi connectivity index (χ3v) is 2.01. The first-order valence-electron chi connectivity index (χ1n) is 3.79. The normalized spacial score (nSPS) is 12.9. The van der Waals surface area contributed by atoms with Crippen molar-refractivity contribution >= 4 is 11.6 Å². The van der Waals surface area contributed by atoms with Gasteiger partial charge in [-0.1, -0.05) is 29.8 Å². The molecule has 1 aromatic carbocycles. The lowest BCUT2D eigenvalue weighted by Gasteiger charge is -2.10. The standard InChI is InChI=1S/C9H11ClO2/c10-8-4-2-1-3-7(8)9(12)5-6-11/h1-4,9,11-12H,5-6H2/t9-/m0/s1. The van der Waals surface area contributed by atoms with E-state index in [0.717, 1.165) is 0 Å². The summed E-state index contributed by atoms with van der Waals surface area (Å²) in [6, 6.07) is 7.08. The van der Waals surface area contributed by atoms with Crippen molar-refractivity contribution in [2.45, 2.75) is 12.5 Å². The van der Waals surface area contributed by atoms with Crippen LogP contribution in [0.3, 0.4) is 0 Å². The average Bonchev–Trinajstić information content (AvgIpc) is 2.05. The van der Waals surface area contributed by atoms with Gasteiger partial charge in [0.1, 0.15) is 0 Å². The van der Waals surface area contributed by atoms with E-state index in [1.165, 1.54) is 0 Å². The van der Waals surface area contributed by atoms with Crippen LogP contribution < -0.4 is 0 Å². The first kappa shape index (κ1) is 9.52. The Balaban J connectivity index is 2.79. The fourth-order valence-electron chi connectivity index (χ4n) is 1.02. The van der Waals surface area contributed by atoms with E-state index in [4.69, 9.17) is 16.7 Å². The van der Waals surface area contributed by atoms with Crippen LogP contribution in [0.15, 0.2) is 24.3 Å². The molecular weight excluding hydrogens is 176 g/mol. The Morgan fingerprint density at radius 1 is 1.33 bits per heavy atom. The summed E-state index contributed by atoms with van der Waals surface area (Å²) in [5.74, 6) is 0. The Bertz CT molecular complexity index is 250. The van der Waals surface area contributed by atoms with Crippen molar-refractivity contribution in [3.8, 4) is 0 Å². The summed E-state index contributed by atoms with van der Waals surface area (Å²) in [5, 5.41) is 18.6. The summed E-state index contributed by atoms with van der Waals surface area (Å²) in [7, 11) is 0. The average molecular weight is 187 g/mol. The second-order valence-corrected chi connectivity index (χ2v) is 2.96. The van der Waals surface area contributed by atoms with Crippen LogP contribution in [0.5, 0.6) is 0 Å². The first-order chi connectivity index (χ1) is 5.75. The zero-order valence-electron chi connectivity index (χ0n) is 6.57. The number of aliphatic hydroxyl groups excluding tert-OH is 2. The van der Waals surface area contributed by atoms with Gasteiger partial charge in [0.05, 0.1) is 6.10 Å². The van der Waals surface area contributed by atoms with Gasteiger partial charge in [0, 0.05) is 18.1 Å². The monoisotopic (exact) mass is 186 g/mol. The highest BCUT2D eigenvalue weighted by Gasteiger charge is 2.09. The van der Waals surface area contributed by atoms with E-state index >= 15 is 0 Å². The SMILES string of the molecule is OCC[C@H](O)c1ccccc1Cl. The van der Waals surface area contributed by atoms with E-state index in [-0.39, 0.29) is 6.61 Å². The highest BCUT2D eigenvalue weighted by Crippen LogP contribution is 2.24. The van der Waals surface area contributed by atoms with Crippen LogP contribution in [-0.4, -0.2) is 16.8 Å². The maximum atomic E-state index is 9.46. The van der Waals surface area contributed by atoms with Gasteiger partial charge in [-0.15, -0.1) is 0 Å².